The number of fused-ring (bicyclic) bond motifs is 1. The van der Waals surface area contributed by atoms with Crippen LogP contribution in [0.25, 0.3) is 0 Å². The van der Waals surface area contributed by atoms with Gasteiger partial charge in [-0.1, -0.05) is 29.8 Å². The number of nitrogens with zero attached hydrogens (tertiary/aromatic N) is 5. The number of ether oxygens (including phenoxy) is 2. The first-order chi connectivity index (χ1) is 15.7. The number of hydrazone groups is 1. The van der Waals surface area contributed by atoms with Gasteiger partial charge in [-0.15, -0.1) is 0 Å². The van der Waals surface area contributed by atoms with E-state index in [0.717, 1.165) is 35.6 Å². The van der Waals surface area contributed by atoms with Crippen LogP contribution in [0.4, 0.5) is 17.6 Å². The van der Waals surface area contributed by atoms with E-state index in [0.29, 0.717) is 50.3 Å². The van der Waals surface area contributed by atoms with Gasteiger partial charge in [0.1, 0.15) is 11.5 Å². The zero-order chi connectivity index (χ0) is 21.9. The van der Waals surface area contributed by atoms with Crippen LogP contribution in [0, 0.1) is 6.92 Å². The molecule has 5 rings (SSSR count). The predicted octanol–water partition coefficient (Wildman–Crippen LogP) is 1.21. The first kappa shape index (κ1) is 20.5. The fourth-order valence-electron chi connectivity index (χ4n) is 3.77. The van der Waals surface area contributed by atoms with Crippen molar-refractivity contribution in [3.05, 3.63) is 41.0 Å². The summed E-state index contributed by atoms with van der Waals surface area (Å²) in [4.78, 5) is 28.5. The van der Waals surface area contributed by atoms with E-state index in [1.807, 2.05) is 31.2 Å². The van der Waals surface area contributed by atoms with Gasteiger partial charge in [0.2, 0.25) is 5.95 Å². The molecule has 1 aromatic carbocycles. The molecule has 0 aliphatic carbocycles. The average Bonchev–Trinajstić information content (AvgIpc) is 3.21. The van der Waals surface area contributed by atoms with Crippen LogP contribution in [-0.2, 0) is 20.7 Å². The molecule has 4 heterocycles. The molecule has 0 atom stereocenters. The maximum absolute atomic E-state index is 12.6. The van der Waals surface area contributed by atoms with Crippen molar-refractivity contribution >= 4 is 35.4 Å². The molecule has 1 aromatic heterocycles. The molecule has 2 saturated heterocycles. The Bertz CT molecular complexity index is 1080. The van der Waals surface area contributed by atoms with Gasteiger partial charge in [0.25, 0.3) is 5.91 Å². The lowest BCUT2D eigenvalue weighted by Gasteiger charge is -2.29. The largest absolute Gasteiger partial charge is 0.378 e. The Kier molecular flexibility index (Phi) is 5.78. The highest BCUT2D eigenvalue weighted by Gasteiger charge is 2.31. The van der Waals surface area contributed by atoms with Crippen LogP contribution in [0.2, 0.25) is 0 Å². The molecule has 32 heavy (non-hydrogen) atoms. The molecular formula is C22H25N7O3. The molecule has 3 aliphatic heterocycles. The monoisotopic (exact) mass is 435 g/mol. The zero-order valence-electron chi connectivity index (χ0n) is 17.9. The van der Waals surface area contributed by atoms with Crippen LogP contribution < -0.4 is 15.6 Å². The second-order valence-corrected chi connectivity index (χ2v) is 8.00. The van der Waals surface area contributed by atoms with Gasteiger partial charge in [-0.25, -0.2) is 10.4 Å². The lowest BCUT2D eigenvalue weighted by Crippen LogP contribution is -2.50. The van der Waals surface area contributed by atoms with Crippen molar-refractivity contribution in [2.45, 2.75) is 19.4 Å². The lowest BCUT2D eigenvalue weighted by atomic mass is 10.1. The van der Waals surface area contributed by atoms with E-state index in [4.69, 9.17) is 14.5 Å². The fourth-order valence-corrected chi connectivity index (χ4v) is 3.77. The normalized spacial score (nSPS) is 18.3. The Balaban J connectivity index is 1.39. The SMILES string of the molecule is Cc1cccc(/C=N/Nc2nc3c(c(N4CCOCC4)n2)CC(C(=O)NC2COC2)=N3)c1. The number of hydrogen-bond acceptors (Lipinski definition) is 9. The number of carbonyl (C=O) groups excluding carboxylic acids is 1. The van der Waals surface area contributed by atoms with Crippen LogP contribution in [0.5, 0.6) is 0 Å². The summed E-state index contributed by atoms with van der Waals surface area (Å²) in [5, 5.41) is 7.24. The van der Waals surface area contributed by atoms with Crippen LogP contribution in [0.15, 0.2) is 34.4 Å². The summed E-state index contributed by atoms with van der Waals surface area (Å²) < 4.78 is 10.6. The predicted molar refractivity (Wildman–Crippen MR) is 121 cm³/mol. The Morgan fingerprint density at radius 2 is 2.06 bits per heavy atom. The van der Waals surface area contributed by atoms with Crippen LogP contribution in [-0.4, -0.2) is 73.4 Å². The third kappa shape index (κ3) is 4.46. The third-order valence-electron chi connectivity index (χ3n) is 5.51. The standard InChI is InChI=1S/C22H25N7O3/c1-14-3-2-4-15(9-14)11-23-28-22-26-19-17(20(27-22)29-5-7-31-8-6-29)10-18(25-19)21(30)24-16-12-32-13-16/h2-4,9,11,16H,5-8,10,12-13H2,1H3,(H,24,30)(H,26,27,28)/b23-11+. The molecule has 10 heteroatoms. The van der Waals surface area contributed by atoms with Crippen molar-refractivity contribution in [3.63, 3.8) is 0 Å². The Morgan fingerprint density at radius 1 is 1.22 bits per heavy atom. The number of amides is 1. The van der Waals surface area contributed by atoms with Gasteiger partial charge in [0, 0.05) is 25.1 Å². The van der Waals surface area contributed by atoms with Crippen molar-refractivity contribution in [1.29, 1.82) is 0 Å². The maximum atomic E-state index is 12.6. The fraction of sp³-hybridized carbons (Fsp3) is 0.409. The summed E-state index contributed by atoms with van der Waals surface area (Å²) in [5.74, 6) is 1.43. The second-order valence-electron chi connectivity index (χ2n) is 8.00. The number of morpholine rings is 1. The highest BCUT2D eigenvalue weighted by atomic mass is 16.5. The van der Waals surface area contributed by atoms with Gasteiger partial charge >= 0.3 is 0 Å². The van der Waals surface area contributed by atoms with Crippen LogP contribution in [0.1, 0.15) is 16.7 Å². The highest BCUT2D eigenvalue weighted by Crippen LogP contribution is 2.34. The first-order valence-electron chi connectivity index (χ1n) is 10.7. The van der Waals surface area contributed by atoms with Crippen molar-refractivity contribution in [2.24, 2.45) is 10.1 Å². The molecule has 10 nitrogen and oxygen atoms in total. The van der Waals surface area contributed by atoms with Crippen molar-refractivity contribution in [3.8, 4) is 0 Å². The maximum Gasteiger partial charge on any atom is 0.266 e. The van der Waals surface area contributed by atoms with Gasteiger partial charge in [0.15, 0.2) is 5.82 Å². The average molecular weight is 435 g/mol. The van der Waals surface area contributed by atoms with Gasteiger partial charge in [0.05, 0.1) is 38.7 Å². The van der Waals surface area contributed by atoms with Crippen LogP contribution in [0.3, 0.4) is 0 Å². The van der Waals surface area contributed by atoms with E-state index in [9.17, 15) is 4.79 Å². The van der Waals surface area contributed by atoms with E-state index >= 15 is 0 Å². The molecule has 2 aromatic rings. The molecule has 0 unspecified atom stereocenters. The third-order valence-corrected chi connectivity index (χ3v) is 5.51. The summed E-state index contributed by atoms with van der Waals surface area (Å²) in [5.41, 5.74) is 6.35. The molecule has 3 aliphatic rings. The van der Waals surface area contributed by atoms with Gasteiger partial charge in [-0.3, -0.25) is 4.79 Å². The number of hydrogen-bond donors (Lipinski definition) is 2. The molecule has 2 N–H and O–H groups in total. The quantitative estimate of drug-likeness (QED) is 0.518. The molecule has 0 radical (unpaired) electrons. The highest BCUT2D eigenvalue weighted by molar-refractivity contribution is 6.41. The Morgan fingerprint density at radius 3 is 2.81 bits per heavy atom. The minimum atomic E-state index is -0.184. The summed E-state index contributed by atoms with van der Waals surface area (Å²) >= 11 is 0. The number of rotatable bonds is 6. The van der Waals surface area contributed by atoms with E-state index in [1.54, 1.807) is 6.21 Å². The molecule has 0 bridgehead atoms. The number of carbonyl (C=O) groups is 1. The molecule has 0 spiro atoms. The molecular weight excluding hydrogens is 410 g/mol. The summed E-state index contributed by atoms with van der Waals surface area (Å²) in [7, 11) is 0. The smallest absolute Gasteiger partial charge is 0.266 e. The van der Waals surface area contributed by atoms with Crippen molar-refractivity contribution < 1.29 is 14.3 Å². The second kappa shape index (κ2) is 9.01. The summed E-state index contributed by atoms with van der Waals surface area (Å²) in [6, 6.07) is 8.08. The Labute approximate surface area is 185 Å². The lowest BCUT2D eigenvalue weighted by molar-refractivity contribution is -0.118. The Hall–Kier alpha value is -3.37. The van der Waals surface area contributed by atoms with E-state index in [2.05, 4.69) is 30.7 Å². The van der Waals surface area contributed by atoms with Crippen LogP contribution >= 0.6 is 0 Å². The first-order valence-corrected chi connectivity index (χ1v) is 10.7. The number of anilines is 2. The molecule has 166 valence electrons. The molecule has 2 fully saturated rings. The number of nitrogens with one attached hydrogen (secondary N) is 2. The number of aryl methyl sites for hydroxylation is 1. The van der Waals surface area contributed by atoms with E-state index in [-0.39, 0.29) is 11.9 Å². The van der Waals surface area contributed by atoms with Gasteiger partial charge in [-0.05, 0) is 12.5 Å². The topological polar surface area (TPSA) is 113 Å². The van der Waals surface area contributed by atoms with Gasteiger partial charge in [-0.2, -0.15) is 15.1 Å². The van der Waals surface area contributed by atoms with Crippen molar-refractivity contribution in [1.82, 2.24) is 15.3 Å². The molecule has 1 amide bonds. The number of aliphatic imine (C=N–C) groups is 1. The minimum Gasteiger partial charge on any atom is -0.378 e. The number of aromatic nitrogens is 2. The van der Waals surface area contributed by atoms with E-state index in [1.165, 1.54) is 0 Å². The van der Waals surface area contributed by atoms with E-state index < -0.39 is 0 Å². The molecule has 0 saturated carbocycles. The van der Waals surface area contributed by atoms with Crippen molar-refractivity contribution in [2.75, 3.05) is 49.8 Å². The summed E-state index contributed by atoms with van der Waals surface area (Å²) in [6.07, 6.45) is 2.12. The number of benzene rings is 1. The summed E-state index contributed by atoms with van der Waals surface area (Å²) in [6.45, 7) is 5.81. The minimum absolute atomic E-state index is 0.0481. The van der Waals surface area contributed by atoms with Gasteiger partial charge < -0.3 is 19.7 Å². The zero-order valence-corrected chi connectivity index (χ0v) is 17.9.